The lowest BCUT2D eigenvalue weighted by atomic mass is 10.2. The molecule has 0 heterocycles. The van der Waals surface area contributed by atoms with Crippen LogP contribution in [0.15, 0.2) is 42.5 Å². The third kappa shape index (κ3) is 3.99. The van der Waals surface area contributed by atoms with Crippen molar-refractivity contribution in [3.8, 4) is 5.75 Å². The summed E-state index contributed by atoms with van der Waals surface area (Å²) in [4.78, 5) is 23.0. The summed E-state index contributed by atoms with van der Waals surface area (Å²) < 4.78 is 5.33. The first-order valence-electron chi connectivity index (χ1n) is 6.48. The number of carboxylic acids is 1. The highest BCUT2D eigenvalue weighted by atomic mass is 35.5. The number of aromatic carboxylic acids is 1. The quantitative estimate of drug-likeness (QED) is 0.886. The van der Waals surface area contributed by atoms with Gasteiger partial charge in [-0.1, -0.05) is 35.4 Å². The van der Waals surface area contributed by atoms with Crippen LogP contribution in [-0.4, -0.2) is 23.6 Å². The highest BCUT2D eigenvalue weighted by Gasteiger charge is 2.15. The fourth-order valence-corrected chi connectivity index (χ4v) is 2.01. The van der Waals surface area contributed by atoms with Crippen molar-refractivity contribution >= 4 is 29.2 Å². The topological polar surface area (TPSA) is 75.6 Å². The first kappa shape index (κ1) is 15.9. The molecule has 0 saturated heterocycles. The Morgan fingerprint density at radius 3 is 2.50 bits per heavy atom. The molecule has 2 aromatic carbocycles. The van der Waals surface area contributed by atoms with Crippen LogP contribution >= 0.6 is 11.6 Å². The molecule has 0 aliphatic carbocycles. The number of carboxylic acid groups (broad SMARTS) is 1. The van der Waals surface area contributed by atoms with Crippen molar-refractivity contribution in [1.82, 2.24) is 0 Å². The maximum absolute atomic E-state index is 11.9. The molecular formula is C16H14ClNO4. The second kappa shape index (κ2) is 6.95. The average Bonchev–Trinajstić information content (AvgIpc) is 2.48. The van der Waals surface area contributed by atoms with Gasteiger partial charge in [-0.3, -0.25) is 4.79 Å². The molecule has 0 fully saturated rings. The molecule has 2 rings (SSSR count). The zero-order chi connectivity index (χ0) is 16.1. The minimum absolute atomic E-state index is 0.0640. The number of carbonyl (C=O) groups is 2. The maximum atomic E-state index is 11.9. The lowest BCUT2D eigenvalue weighted by Crippen LogP contribution is -2.21. The normalized spacial score (nSPS) is 10.1. The van der Waals surface area contributed by atoms with Crippen LogP contribution in [0.4, 0.5) is 5.69 Å². The first-order chi connectivity index (χ1) is 10.5. The van der Waals surface area contributed by atoms with Crippen LogP contribution in [-0.2, 0) is 4.79 Å². The largest absolute Gasteiger partial charge is 0.484 e. The predicted octanol–water partition coefficient (Wildman–Crippen LogP) is 3.36. The second-order valence-corrected chi connectivity index (χ2v) is 5.02. The van der Waals surface area contributed by atoms with Crippen molar-refractivity contribution in [3.63, 3.8) is 0 Å². The number of hydrogen-bond donors (Lipinski definition) is 2. The number of anilines is 1. The average molecular weight is 320 g/mol. The van der Waals surface area contributed by atoms with Crippen molar-refractivity contribution in [2.24, 2.45) is 0 Å². The highest BCUT2D eigenvalue weighted by molar-refractivity contribution is 6.34. The molecule has 0 aliphatic heterocycles. The van der Waals surface area contributed by atoms with E-state index in [1.165, 1.54) is 18.2 Å². The molecule has 114 valence electrons. The van der Waals surface area contributed by atoms with Gasteiger partial charge in [-0.05, 0) is 31.2 Å². The van der Waals surface area contributed by atoms with Gasteiger partial charge < -0.3 is 15.2 Å². The monoisotopic (exact) mass is 319 g/mol. The van der Waals surface area contributed by atoms with E-state index < -0.39 is 11.9 Å². The number of para-hydroxylation sites is 1. The highest BCUT2D eigenvalue weighted by Crippen LogP contribution is 2.26. The Morgan fingerprint density at radius 1 is 1.18 bits per heavy atom. The fourth-order valence-electron chi connectivity index (χ4n) is 1.79. The van der Waals surface area contributed by atoms with E-state index in [2.05, 4.69) is 5.32 Å². The van der Waals surface area contributed by atoms with Gasteiger partial charge >= 0.3 is 5.97 Å². The minimum Gasteiger partial charge on any atom is -0.484 e. The van der Waals surface area contributed by atoms with Crippen LogP contribution in [0.2, 0.25) is 5.02 Å². The molecule has 0 radical (unpaired) electrons. The van der Waals surface area contributed by atoms with E-state index in [1.54, 1.807) is 12.1 Å². The van der Waals surface area contributed by atoms with E-state index in [9.17, 15) is 9.59 Å². The van der Waals surface area contributed by atoms with Gasteiger partial charge in [0.1, 0.15) is 5.75 Å². The third-order valence-corrected chi connectivity index (χ3v) is 3.21. The molecule has 5 nitrogen and oxygen atoms in total. The lowest BCUT2D eigenvalue weighted by Gasteiger charge is -2.11. The molecule has 2 aromatic rings. The number of aryl methyl sites for hydroxylation is 1. The van der Waals surface area contributed by atoms with Crippen LogP contribution in [0.25, 0.3) is 0 Å². The smallest absolute Gasteiger partial charge is 0.337 e. The van der Waals surface area contributed by atoms with Crippen LogP contribution in [0, 0.1) is 6.92 Å². The summed E-state index contributed by atoms with van der Waals surface area (Å²) in [6.45, 7) is 1.70. The molecular weight excluding hydrogens is 306 g/mol. The van der Waals surface area contributed by atoms with Crippen molar-refractivity contribution in [3.05, 3.63) is 58.6 Å². The van der Waals surface area contributed by atoms with Gasteiger partial charge in [0.05, 0.1) is 16.3 Å². The maximum Gasteiger partial charge on any atom is 0.337 e. The molecule has 0 atom stereocenters. The summed E-state index contributed by atoms with van der Waals surface area (Å²) in [6.07, 6.45) is 0. The van der Waals surface area contributed by atoms with Crippen molar-refractivity contribution in [1.29, 1.82) is 0 Å². The van der Waals surface area contributed by atoms with Crippen molar-refractivity contribution < 1.29 is 19.4 Å². The first-order valence-corrected chi connectivity index (χ1v) is 6.86. The summed E-state index contributed by atoms with van der Waals surface area (Å²) in [6, 6.07) is 11.6. The van der Waals surface area contributed by atoms with E-state index in [1.807, 2.05) is 19.1 Å². The molecule has 1 amide bonds. The van der Waals surface area contributed by atoms with E-state index in [-0.39, 0.29) is 22.9 Å². The Hall–Kier alpha value is -2.53. The molecule has 0 aliphatic rings. The molecule has 0 bridgehead atoms. The molecule has 22 heavy (non-hydrogen) atoms. The Bertz CT molecular complexity index is 698. The Balaban J connectivity index is 2.03. The molecule has 6 heteroatoms. The van der Waals surface area contributed by atoms with Gasteiger partial charge in [0.25, 0.3) is 5.91 Å². The van der Waals surface area contributed by atoms with E-state index in [0.717, 1.165) is 5.56 Å². The number of ether oxygens (including phenoxy) is 1. The predicted molar refractivity (Wildman–Crippen MR) is 83.7 cm³/mol. The molecule has 0 aromatic heterocycles. The van der Waals surface area contributed by atoms with E-state index in [4.69, 9.17) is 21.4 Å². The summed E-state index contributed by atoms with van der Waals surface area (Å²) in [5, 5.41) is 11.7. The standard InChI is InChI=1S/C16H14ClNO4/c1-10-5-7-11(8-6-10)22-9-14(19)18-15-12(16(20)21)3-2-4-13(15)17/h2-8H,9H2,1H3,(H,18,19)(H,20,21). The van der Waals surface area contributed by atoms with Gasteiger partial charge in [-0.2, -0.15) is 0 Å². The van der Waals surface area contributed by atoms with Crippen molar-refractivity contribution in [2.45, 2.75) is 6.92 Å². The Morgan fingerprint density at radius 2 is 1.86 bits per heavy atom. The molecule has 0 saturated carbocycles. The van der Waals surface area contributed by atoms with Crippen LogP contribution in [0.1, 0.15) is 15.9 Å². The number of halogens is 1. The van der Waals surface area contributed by atoms with Gasteiger partial charge in [0, 0.05) is 0 Å². The van der Waals surface area contributed by atoms with Gasteiger partial charge in [0.2, 0.25) is 0 Å². The van der Waals surface area contributed by atoms with Crippen LogP contribution in [0.3, 0.4) is 0 Å². The van der Waals surface area contributed by atoms with Gasteiger partial charge in [-0.15, -0.1) is 0 Å². The number of rotatable bonds is 5. The fraction of sp³-hybridized carbons (Fsp3) is 0.125. The summed E-state index contributed by atoms with van der Waals surface area (Å²) in [5.74, 6) is -1.10. The zero-order valence-electron chi connectivity index (χ0n) is 11.8. The number of carbonyl (C=O) groups excluding carboxylic acids is 1. The molecule has 0 spiro atoms. The van der Waals surface area contributed by atoms with Crippen LogP contribution in [0.5, 0.6) is 5.75 Å². The minimum atomic E-state index is -1.17. The van der Waals surface area contributed by atoms with E-state index >= 15 is 0 Å². The van der Waals surface area contributed by atoms with E-state index in [0.29, 0.717) is 5.75 Å². The SMILES string of the molecule is Cc1ccc(OCC(=O)Nc2c(Cl)cccc2C(=O)O)cc1. The number of amides is 1. The Labute approximate surface area is 132 Å². The van der Waals surface area contributed by atoms with Gasteiger partial charge in [-0.25, -0.2) is 4.79 Å². The lowest BCUT2D eigenvalue weighted by molar-refractivity contribution is -0.118. The van der Waals surface area contributed by atoms with Crippen molar-refractivity contribution in [2.75, 3.05) is 11.9 Å². The number of nitrogens with one attached hydrogen (secondary N) is 1. The molecule has 0 unspecified atom stereocenters. The van der Waals surface area contributed by atoms with Crippen LogP contribution < -0.4 is 10.1 Å². The molecule has 2 N–H and O–H groups in total. The van der Waals surface area contributed by atoms with Gasteiger partial charge in [0.15, 0.2) is 6.61 Å². The second-order valence-electron chi connectivity index (χ2n) is 4.62. The third-order valence-electron chi connectivity index (χ3n) is 2.90. The zero-order valence-corrected chi connectivity index (χ0v) is 12.6. The summed E-state index contributed by atoms with van der Waals surface area (Å²) in [7, 11) is 0. The Kier molecular flexibility index (Phi) is 5.01. The number of benzene rings is 2. The summed E-state index contributed by atoms with van der Waals surface area (Å²) in [5.41, 5.74) is 1.07. The number of hydrogen-bond acceptors (Lipinski definition) is 3. The summed E-state index contributed by atoms with van der Waals surface area (Å²) >= 11 is 5.93.